The lowest BCUT2D eigenvalue weighted by molar-refractivity contribution is -0.113. The number of aromatic nitrogens is 3. The topological polar surface area (TPSA) is 79.8 Å². The molecule has 0 aliphatic carbocycles. The predicted molar refractivity (Wildman–Crippen MR) is 110 cm³/mol. The largest absolute Gasteiger partial charge is 0.353 e. The molecule has 0 aliphatic rings. The molecule has 0 bridgehead atoms. The van der Waals surface area contributed by atoms with E-state index in [-0.39, 0.29) is 23.0 Å². The SMILES string of the molecule is Cc1cc2nc(SCC(=O)Nc3ccc(F)cc3)n(CCC(C)C)c(=O)c2[nH]1. The third-order valence-corrected chi connectivity index (χ3v) is 5.20. The highest BCUT2D eigenvalue weighted by atomic mass is 32.2. The van der Waals surface area contributed by atoms with Crippen molar-refractivity contribution in [1.29, 1.82) is 0 Å². The van der Waals surface area contributed by atoms with Crippen molar-refractivity contribution in [2.24, 2.45) is 5.92 Å². The smallest absolute Gasteiger partial charge is 0.278 e. The number of rotatable bonds is 7. The van der Waals surface area contributed by atoms with Crippen LogP contribution in [0.3, 0.4) is 0 Å². The maximum Gasteiger partial charge on any atom is 0.278 e. The Morgan fingerprint density at radius 3 is 2.71 bits per heavy atom. The summed E-state index contributed by atoms with van der Waals surface area (Å²) in [6.45, 7) is 6.61. The van der Waals surface area contributed by atoms with Crippen molar-refractivity contribution in [2.45, 2.75) is 38.9 Å². The van der Waals surface area contributed by atoms with Gasteiger partial charge in [0, 0.05) is 17.9 Å². The molecule has 2 heterocycles. The molecule has 1 aromatic carbocycles. The third-order valence-electron chi connectivity index (χ3n) is 4.23. The van der Waals surface area contributed by atoms with E-state index in [4.69, 9.17) is 0 Å². The Morgan fingerprint density at radius 1 is 1.32 bits per heavy atom. The zero-order valence-corrected chi connectivity index (χ0v) is 16.9. The number of carbonyl (C=O) groups excluding carboxylic acids is 1. The van der Waals surface area contributed by atoms with E-state index in [1.807, 2.05) is 13.0 Å². The molecule has 6 nitrogen and oxygen atoms in total. The van der Waals surface area contributed by atoms with Gasteiger partial charge in [0.15, 0.2) is 5.16 Å². The van der Waals surface area contributed by atoms with Crippen LogP contribution < -0.4 is 10.9 Å². The van der Waals surface area contributed by atoms with Crippen LogP contribution in [0.1, 0.15) is 26.0 Å². The van der Waals surface area contributed by atoms with Crippen molar-refractivity contribution >= 4 is 34.4 Å². The number of fused-ring (bicyclic) bond motifs is 1. The Bertz CT molecular complexity index is 1040. The van der Waals surface area contributed by atoms with Crippen LogP contribution in [0.25, 0.3) is 11.0 Å². The van der Waals surface area contributed by atoms with E-state index in [1.54, 1.807) is 4.57 Å². The number of anilines is 1. The lowest BCUT2D eigenvalue weighted by Crippen LogP contribution is -2.25. The molecule has 0 spiro atoms. The summed E-state index contributed by atoms with van der Waals surface area (Å²) in [5, 5.41) is 3.24. The number of carbonyl (C=O) groups is 1. The van der Waals surface area contributed by atoms with Crippen molar-refractivity contribution < 1.29 is 9.18 Å². The second-order valence-corrected chi connectivity index (χ2v) is 8.03. The van der Waals surface area contributed by atoms with Gasteiger partial charge in [0.1, 0.15) is 11.3 Å². The fourth-order valence-electron chi connectivity index (χ4n) is 2.77. The molecule has 0 aliphatic heterocycles. The molecule has 0 atom stereocenters. The van der Waals surface area contributed by atoms with Crippen LogP contribution in [0.2, 0.25) is 0 Å². The van der Waals surface area contributed by atoms with E-state index in [2.05, 4.69) is 29.1 Å². The minimum Gasteiger partial charge on any atom is -0.353 e. The number of nitrogens with one attached hydrogen (secondary N) is 2. The van der Waals surface area contributed by atoms with Gasteiger partial charge < -0.3 is 10.3 Å². The first-order chi connectivity index (χ1) is 13.3. The third kappa shape index (κ3) is 4.81. The van der Waals surface area contributed by atoms with E-state index in [0.717, 1.165) is 12.1 Å². The summed E-state index contributed by atoms with van der Waals surface area (Å²) < 4.78 is 14.6. The Hall–Kier alpha value is -2.61. The molecule has 2 N–H and O–H groups in total. The van der Waals surface area contributed by atoms with Gasteiger partial charge in [0.2, 0.25) is 5.91 Å². The van der Waals surface area contributed by atoms with Crippen molar-refractivity contribution in [3.05, 3.63) is 52.2 Å². The fraction of sp³-hybridized carbons (Fsp3) is 0.350. The van der Waals surface area contributed by atoms with Crippen molar-refractivity contribution in [1.82, 2.24) is 14.5 Å². The van der Waals surface area contributed by atoms with Crippen LogP contribution in [0.15, 0.2) is 40.3 Å². The number of hydrogen-bond acceptors (Lipinski definition) is 4. The van der Waals surface area contributed by atoms with Crippen molar-refractivity contribution in [3.63, 3.8) is 0 Å². The van der Waals surface area contributed by atoms with Gasteiger partial charge in [-0.3, -0.25) is 14.2 Å². The van der Waals surface area contributed by atoms with E-state index in [1.165, 1.54) is 36.0 Å². The molecular weight excluding hydrogens is 379 g/mol. The highest BCUT2D eigenvalue weighted by Crippen LogP contribution is 2.20. The Labute approximate surface area is 166 Å². The molecule has 2 aromatic heterocycles. The number of nitrogens with zero attached hydrogens (tertiary/aromatic N) is 2. The predicted octanol–water partition coefficient (Wildman–Crippen LogP) is 3.95. The summed E-state index contributed by atoms with van der Waals surface area (Å²) >= 11 is 1.22. The molecule has 3 aromatic rings. The number of aromatic amines is 1. The van der Waals surface area contributed by atoms with E-state index in [0.29, 0.717) is 34.3 Å². The number of aryl methyl sites for hydroxylation is 1. The van der Waals surface area contributed by atoms with Crippen LogP contribution in [-0.2, 0) is 11.3 Å². The van der Waals surface area contributed by atoms with Crippen molar-refractivity contribution in [3.8, 4) is 0 Å². The maximum atomic E-state index is 13.0. The lowest BCUT2D eigenvalue weighted by Gasteiger charge is -2.13. The van der Waals surface area contributed by atoms with Gasteiger partial charge in [-0.1, -0.05) is 25.6 Å². The van der Waals surface area contributed by atoms with Crippen molar-refractivity contribution in [2.75, 3.05) is 11.1 Å². The summed E-state index contributed by atoms with van der Waals surface area (Å²) in [7, 11) is 0. The lowest BCUT2D eigenvalue weighted by atomic mass is 10.1. The normalized spacial score (nSPS) is 11.3. The van der Waals surface area contributed by atoms with Gasteiger partial charge in [-0.05, 0) is 49.6 Å². The Balaban J connectivity index is 1.80. The Morgan fingerprint density at radius 2 is 2.04 bits per heavy atom. The zero-order chi connectivity index (χ0) is 20.3. The van der Waals surface area contributed by atoms with Gasteiger partial charge in [0.05, 0.1) is 11.3 Å². The molecule has 28 heavy (non-hydrogen) atoms. The summed E-state index contributed by atoms with van der Waals surface area (Å²) in [6.07, 6.45) is 0.835. The van der Waals surface area contributed by atoms with E-state index in [9.17, 15) is 14.0 Å². The molecule has 8 heteroatoms. The first-order valence-corrected chi connectivity index (χ1v) is 10.1. The summed E-state index contributed by atoms with van der Waals surface area (Å²) in [4.78, 5) is 32.8. The fourth-order valence-corrected chi connectivity index (χ4v) is 3.59. The summed E-state index contributed by atoms with van der Waals surface area (Å²) in [5.74, 6) is -0.0690. The molecule has 148 valence electrons. The molecule has 0 unspecified atom stereocenters. The minimum atomic E-state index is -0.360. The zero-order valence-electron chi connectivity index (χ0n) is 16.1. The standard InChI is InChI=1S/C20H23FN4O2S/c1-12(2)8-9-25-19(27)18-16(10-13(3)22-18)24-20(25)28-11-17(26)23-15-6-4-14(21)5-7-15/h4-7,10,12,22H,8-9,11H2,1-3H3,(H,23,26). The number of halogens is 1. The average Bonchev–Trinajstić information content (AvgIpc) is 3.02. The first kappa shape index (κ1) is 20.1. The first-order valence-electron chi connectivity index (χ1n) is 9.12. The Kier molecular flexibility index (Phi) is 6.18. The number of benzene rings is 1. The molecule has 3 rings (SSSR count). The molecule has 0 saturated carbocycles. The van der Waals surface area contributed by atoms with Gasteiger partial charge in [0.25, 0.3) is 5.56 Å². The monoisotopic (exact) mass is 402 g/mol. The second-order valence-electron chi connectivity index (χ2n) is 7.09. The number of hydrogen-bond donors (Lipinski definition) is 2. The van der Waals surface area contributed by atoms with Crippen LogP contribution in [-0.4, -0.2) is 26.2 Å². The average molecular weight is 402 g/mol. The summed E-state index contributed by atoms with van der Waals surface area (Å²) in [6, 6.07) is 7.41. The van der Waals surface area contributed by atoms with Gasteiger partial charge in [-0.2, -0.15) is 0 Å². The number of thioether (sulfide) groups is 1. The maximum absolute atomic E-state index is 13.0. The van der Waals surface area contributed by atoms with Crippen LogP contribution in [0.4, 0.5) is 10.1 Å². The number of H-pyrrole nitrogens is 1. The minimum absolute atomic E-state index is 0.0976. The second kappa shape index (κ2) is 8.60. The van der Waals surface area contributed by atoms with E-state index >= 15 is 0 Å². The molecular formula is C20H23FN4O2S. The summed E-state index contributed by atoms with van der Waals surface area (Å²) in [5.41, 5.74) is 2.35. The molecule has 0 saturated heterocycles. The molecule has 0 fully saturated rings. The van der Waals surface area contributed by atoms with Crippen LogP contribution in [0, 0.1) is 18.7 Å². The van der Waals surface area contributed by atoms with Gasteiger partial charge in [-0.25, -0.2) is 9.37 Å². The quantitative estimate of drug-likeness (QED) is 0.463. The highest BCUT2D eigenvalue weighted by molar-refractivity contribution is 7.99. The number of amides is 1. The van der Waals surface area contributed by atoms with Gasteiger partial charge >= 0.3 is 0 Å². The molecule has 0 radical (unpaired) electrons. The highest BCUT2D eigenvalue weighted by Gasteiger charge is 2.15. The molecule has 1 amide bonds. The van der Waals surface area contributed by atoms with E-state index < -0.39 is 0 Å². The van der Waals surface area contributed by atoms with Crippen LogP contribution >= 0.6 is 11.8 Å². The van der Waals surface area contributed by atoms with Crippen LogP contribution in [0.5, 0.6) is 0 Å². The van der Waals surface area contributed by atoms with Gasteiger partial charge in [-0.15, -0.1) is 0 Å².